The van der Waals surface area contributed by atoms with Gasteiger partial charge in [0, 0.05) is 19.3 Å². The maximum absolute atomic E-state index is 11.3. The average molecular weight is 278 g/mol. The molecule has 9 heteroatoms. The van der Waals surface area contributed by atoms with Gasteiger partial charge >= 0.3 is 11.7 Å². The Morgan fingerprint density at radius 1 is 1.55 bits per heavy atom. The zero-order valence-corrected chi connectivity index (χ0v) is 10.4. The minimum absolute atomic E-state index is 0.00820. The molecule has 0 aromatic carbocycles. The molecule has 0 radical (unpaired) electrons. The molecule has 0 saturated carbocycles. The van der Waals surface area contributed by atoms with E-state index in [4.69, 9.17) is 5.11 Å². The molecule has 9 nitrogen and oxygen atoms in total. The van der Waals surface area contributed by atoms with E-state index in [-0.39, 0.29) is 12.1 Å². The predicted molar refractivity (Wildman–Crippen MR) is 66.6 cm³/mol. The molecule has 2 rings (SSSR count). The Kier molecular flexibility index (Phi) is 3.34. The molecule has 0 spiro atoms. The van der Waals surface area contributed by atoms with Gasteiger partial charge in [0.2, 0.25) is 0 Å². The van der Waals surface area contributed by atoms with Crippen LogP contribution in [0.4, 0.5) is 5.69 Å². The molecule has 0 atom stereocenters. The molecule has 2 heterocycles. The van der Waals surface area contributed by atoms with E-state index in [0.29, 0.717) is 5.69 Å². The Labute approximate surface area is 111 Å². The molecule has 0 fully saturated rings. The Morgan fingerprint density at radius 2 is 2.25 bits per heavy atom. The van der Waals surface area contributed by atoms with E-state index in [0.717, 1.165) is 12.3 Å². The molecular weight excluding hydrogens is 268 g/mol. The van der Waals surface area contributed by atoms with Crippen LogP contribution in [0, 0.1) is 10.1 Å². The van der Waals surface area contributed by atoms with E-state index >= 15 is 0 Å². The van der Waals surface area contributed by atoms with E-state index < -0.39 is 22.0 Å². The first-order chi connectivity index (χ1) is 9.40. The van der Waals surface area contributed by atoms with Gasteiger partial charge in [-0.05, 0) is 0 Å². The fourth-order valence-electron chi connectivity index (χ4n) is 1.75. The SMILES string of the molecule is Cn1ncc(C(=O)O)c1Cn1ccc(=O)c([N+](=O)[O-])c1. The summed E-state index contributed by atoms with van der Waals surface area (Å²) in [6.45, 7) is 0.0548. The summed E-state index contributed by atoms with van der Waals surface area (Å²) in [4.78, 5) is 32.2. The first kappa shape index (κ1) is 13.5. The van der Waals surface area contributed by atoms with Gasteiger partial charge in [0.05, 0.1) is 29.6 Å². The number of hydrogen-bond donors (Lipinski definition) is 1. The average Bonchev–Trinajstić information content (AvgIpc) is 2.73. The van der Waals surface area contributed by atoms with Crippen LogP contribution in [0.3, 0.4) is 0 Å². The lowest BCUT2D eigenvalue weighted by Crippen LogP contribution is -2.14. The van der Waals surface area contributed by atoms with Gasteiger partial charge in [-0.3, -0.25) is 19.6 Å². The summed E-state index contributed by atoms with van der Waals surface area (Å²) in [7, 11) is 1.57. The molecule has 2 aromatic heterocycles. The normalized spacial score (nSPS) is 10.4. The molecule has 1 N–H and O–H groups in total. The van der Waals surface area contributed by atoms with E-state index in [9.17, 15) is 19.7 Å². The standard InChI is InChI=1S/C11H10N4O5/c1-13-8(7(4-12-13)11(17)18)5-14-3-2-10(16)9(6-14)15(19)20/h2-4,6H,5H2,1H3,(H,17,18). The van der Waals surface area contributed by atoms with Crippen LogP contribution in [0.25, 0.3) is 0 Å². The third-order valence-electron chi connectivity index (χ3n) is 2.78. The van der Waals surface area contributed by atoms with Gasteiger partial charge in [0.1, 0.15) is 5.56 Å². The fraction of sp³-hybridized carbons (Fsp3) is 0.182. The van der Waals surface area contributed by atoms with Crippen molar-refractivity contribution in [2.75, 3.05) is 0 Å². The highest BCUT2D eigenvalue weighted by atomic mass is 16.6. The Morgan fingerprint density at radius 3 is 2.85 bits per heavy atom. The van der Waals surface area contributed by atoms with Crippen molar-refractivity contribution in [3.05, 3.63) is 56.3 Å². The quantitative estimate of drug-likeness (QED) is 0.631. The second-order valence-corrected chi connectivity index (χ2v) is 4.06. The minimum atomic E-state index is -1.14. The number of carboxylic acid groups (broad SMARTS) is 1. The maximum atomic E-state index is 11.3. The Bertz CT molecular complexity index is 746. The van der Waals surface area contributed by atoms with Crippen LogP contribution in [0.2, 0.25) is 0 Å². The number of aromatic carboxylic acids is 1. The molecule has 0 bridgehead atoms. The van der Waals surface area contributed by atoms with Crippen molar-refractivity contribution in [2.45, 2.75) is 6.54 Å². The van der Waals surface area contributed by atoms with Crippen LogP contribution in [0.5, 0.6) is 0 Å². The number of hydrogen-bond acceptors (Lipinski definition) is 5. The first-order valence-electron chi connectivity index (χ1n) is 5.49. The molecule has 0 unspecified atom stereocenters. The molecule has 0 aliphatic rings. The summed E-state index contributed by atoms with van der Waals surface area (Å²) in [5.74, 6) is -1.14. The molecule has 2 aromatic rings. The molecule has 104 valence electrons. The van der Waals surface area contributed by atoms with Gasteiger partial charge in [-0.1, -0.05) is 0 Å². The fourth-order valence-corrected chi connectivity index (χ4v) is 1.75. The van der Waals surface area contributed by atoms with Crippen LogP contribution in [0.15, 0.2) is 29.5 Å². The van der Waals surface area contributed by atoms with Gasteiger partial charge in [-0.25, -0.2) is 4.79 Å². The monoisotopic (exact) mass is 278 g/mol. The van der Waals surface area contributed by atoms with Crippen LogP contribution in [0.1, 0.15) is 16.1 Å². The lowest BCUT2D eigenvalue weighted by molar-refractivity contribution is -0.386. The van der Waals surface area contributed by atoms with Gasteiger partial charge < -0.3 is 9.67 Å². The third-order valence-corrected chi connectivity index (χ3v) is 2.78. The summed E-state index contributed by atoms with van der Waals surface area (Å²) in [6, 6.07) is 1.06. The van der Waals surface area contributed by atoms with Gasteiger partial charge in [0.15, 0.2) is 0 Å². The number of carbonyl (C=O) groups is 1. The van der Waals surface area contributed by atoms with Crippen molar-refractivity contribution in [1.82, 2.24) is 14.3 Å². The number of aryl methyl sites for hydroxylation is 1. The number of carboxylic acids is 1. The van der Waals surface area contributed by atoms with Crippen molar-refractivity contribution >= 4 is 11.7 Å². The summed E-state index contributed by atoms with van der Waals surface area (Å²) >= 11 is 0. The van der Waals surface area contributed by atoms with Gasteiger partial charge in [-0.15, -0.1) is 0 Å². The smallest absolute Gasteiger partial charge is 0.339 e. The predicted octanol–water partition coefficient (Wildman–Crippen LogP) is 0.236. The zero-order valence-electron chi connectivity index (χ0n) is 10.4. The van der Waals surface area contributed by atoms with E-state index in [2.05, 4.69) is 5.10 Å². The topological polar surface area (TPSA) is 120 Å². The number of aromatic nitrogens is 3. The highest BCUT2D eigenvalue weighted by molar-refractivity contribution is 5.88. The summed E-state index contributed by atoms with van der Waals surface area (Å²) in [5, 5.41) is 23.6. The molecule has 20 heavy (non-hydrogen) atoms. The van der Waals surface area contributed by atoms with E-state index in [1.54, 1.807) is 7.05 Å². The summed E-state index contributed by atoms with van der Waals surface area (Å²) in [5.41, 5.74) is -0.884. The minimum Gasteiger partial charge on any atom is -0.478 e. The van der Waals surface area contributed by atoms with Crippen LogP contribution >= 0.6 is 0 Å². The summed E-state index contributed by atoms with van der Waals surface area (Å²) in [6.07, 6.45) is 3.63. The second kappa shape index (κ2) is 4.96. The van der Waals surface area contributed by atoms with Crippen LogP contribution in [-0.2, 0) is 13.6 Å². The zero-order chi connectivity index (χ0) is 14.9. The Balaban J connectivity index is 2.43. The van der Waals surface area contributed by atoms with E-state index in [1.807, 2.05) is 0 Å². The molecule has 0 saturated heterocycles. The molecule has 0 aliphatic heterocycles. The molecular formula is C11H10N4O5. The highest BCUT2D eigenvalue weighted by Crippen LogP contribution is 2.11. The van der Waals surface area contributed by atoms with Crippen LogP contribution < -0.4 is 5.43 Å². The van der Waals surface area contributed by atoms with Crippen LogP contribution in [-0.4, -0.2) is 30.3 Å². The van der Waals surface area contributed by atoms with Crippen molar-refractivity contribution in [3.8, 4) is 0 Å². The van der Waals surface area contributed by atoms with Crippen molar-refractivity contribution in [1.29, 1.82) is 0 Å². The largest absolute Gasteiger partial charge is 0.478 e. The Hall–Kier alpha value is -2.97. The lowest BCUT2D eigenvalue weighted by atomic mass is 10.2. The van der Waals surface area contributed by atoms with Gasteiger partial charge in [-0.2, -0.15) is 5.10 Å². The summed E-state index contributed by atoms with van der Waals surface area (Å²) < 4.78 is 2.73. The third kappa shape index (κ3) is 2.41. The molecule has 0 aliphatic carbocycles. The number of pyridine rings is 1. The first-order valence-corrected chi connectivity index (χ1v) is 5.49. The second-order valence-electron chi connectivity index (χ2n) is 4.06. The van der Waals surface area contributed by atoms with E-state index in [1.165, 1.54) is 21.6 Å². The number of rotatable bonds is 4. The maximum Gasteiger partial charge on any atom is 0.339 e. The van der Waals surface area contributed by atoms with Crippen molar-refractivity contribution in [3.63, 3.8) is 0 Å². The van der Waals surface area contributed by atoms with Gasteiger partial charge in [0.25, 0.3) is 5.43 Å². The highest BCUT2D eigenvalue weighted by Gasteiger charge is 2.17. The molecule has 0 amide bonds. The van der Waals surface area contributed by atoms with Crippen molar-refractivity contribution in [2.24, 2.45) is 7.05 Å². The lowest BCUT2D eigenvalue weighted by Gasteiger charge is -2.07. The van der Waals surface area contributed by atoms with Crippen molar-refractivity contribution < 1.29 is 14.8 Å². The number of nitrogens with zero attached hydrogens (tertiary/aromatic N) is 4. The number of nitro groups is 1.